The Labute approximate surface area is 167 Å². The second-order valence-corrected chi connectivity index (χ2v) is 7.04. The summed E-state index contributed by atoms with van der Waals surface area (Å²) >= 11 is 1.36. The molecule has 28 heavy (non-hydrogen) atoms. The van der Waals surface area contributed by atoms with Crippen LogP contribution in [-0.4, -0.2) is 28.5 Å². The van der Waals surface area contributed by atoms with Crippen molar-refractivity contribution in [2.75, 3.05) is 17.7 Å². The molecule has 0 unspecified atom stereocenters. The van der Waals surface area contributed by atoms with Crippen molar-refractivity contribution in [2.45, 2.75) is 6.92 Å². The second-order valence-electron chi connectivity index (χ2n) is 6.09. The highest BCUT2D eigenvalue weighted by molar-refractivity contribution is 7.12. The van der Waals surface area contributed by atoms with Crippen LogP contribution in [0.2, 0.25) is 0 Å². The van der Waals surface area contributed by atoms with Crippen LogP contribution >= 0.6 is 11.3 Å². The van der Waals surface area contributed by atoms with Gasteiger partial charge < -0.3 is 10.6 Å². The van der Waals surface area contributed by atoms with Gasteiger partial charge in [-0.2, -0.15) is 5.10 Å². The van der Waals surface area contributed by atoms with Crippen LogP contribution in [0, 0.1) is 0 Å². The Balaban J connectivity index is 2.04. The average molecular weight is 392 g/mol. The molecule has 2 aromatic heterocycles. The summed E-state index contributed by atoms with van der Waals surface area (Å²) in [7, 11) is 1.71. The summed E-state index contributed by atoms with van der Waals surface area (Å²) in [4.78, 5) is 26.4. The largest absolute Gasteiger partial charge is 0.384 e. The first-order valence-electron chi connectivity index (χ1n) is 8.54. The molecule has 142 valence electrons. The maximum Gasteiger partial charge on any atom is 0.223 e. The lowest BCUT2D eigenvalue weighted by atomic mass is 10.1. The number of thiophene rings is 1. The van der Waals surface area contributed by atoms with Gasteiger partial charge in [0.25, 0.3) is 0 Å². The molecule has 6 nitrogen and oxygen atoms in total. The van der Waals surface area contributed by atoms with Crippen molar-refractivity contribution in [1.29, 1.82) is 0 Å². The fraction of sp³-hybridized carbons (Fsp3) is 0.0952. The van der Waals surface area contributed by atoms with Crippen LogP contribution in [0.3, 0.4) is 0 Å². The molecule has 0 saturated carbocycles. The number of hydrogen-bond acceptors (Lipinski definition) is 5. The highest BCUT2D eigenvalue weighted by Crippen LogP contribution is 2.26. The zero-order valence-electron chi connectivity index (χ0n) is 15.6. The first-order valence-corrected chi connectivity index (χ1v) is 9.42. The third kappa shape index (κ3) is 3.79. The summed E-state index contributed by atoms with van der Waals surface area (Å²) in [5.74, 6) is 0.0793. The predicted molar refractivity (Wildman–Crippen MR) is 113 cm³/mol. The Hall–Kier alpha value is -3.45. The van der Waals surface area contributed by atoms with Gasteiger partial charge in [-0.15, -0.1) is 11.3 Å². The van der Waals surface area contributed by atoms with Crippen LogP contribution in [0.25, 0.3) is 5.70 Å². The van der Waals surface area contributed by atoms with Gasteiger partial charge in [-0.3, -0.25) is 9.59 Å². The number of nitrogens with zero attached hydrogens (tertiary/aromatic N) is 3. The summed E-state index contributed by atoms with van der Waals surface area (Å²) in [6.45, 7) is 5.26. The van der Waals surface area contributed by atoms with Crippen molar-refractivity contribution >= 4 is 40.2 Å². The van der Waals surface area contributed by atoms with Crippen molar-refractivity contribution in [1.82, 2.24) is 9.78 Å². The molecule has 0 radical (unpaired) electrons. The fourth-order valence-electron chi connectivity index (χ4n) is 2.69. The van der Waals surface area contributed by atoms with Gasteiger partial charge >= 0.3 is 0 Å². The molecule has 0 spiro atoms. The predicted octanol–water partition coefficient (Wildman–Crippen LogP) is 3.82. The van der Waals surface area contributed by atoms with Gasteiger partial charge in [0.1, 0.15) is 11.5 Å². The van der Waals surface area contributed by atoms with E-state index >= 15 is 0 Å². The fourth-order valence-corrected chi connectivity index (χ4v) is 3.36. The Bertz CT molecular complexity index is 1060. The van der Waals surface area contributed by atoms with Gasteiger partial charge in [0.2, 0.25) is 11.7 Å². The number of hydrogen-bond donors (Lipinski definition) is 1. The van der Waals surface area contributed by atoms with E-state index in [1.165, 1.54) is 22.9 Å². The van der Waals surface area contributed by atoms with Crippen molar-refractivity contribution in [3.8, 4) is 0 Å². The topological polar surface area (TPSA) is 81.2 Å². The number of rotatable bonds is 6. The second kappa shape index (κ2) is 8.06. The molecule has 0 aliphatic carbocycles. The zero-order valence-corrected chi connectivity index (χ0v) is 16.4. The summed E-state index contributed by atoms with van der Waals surface area (Å²) in [6.07, 6.45) is 3.38. The van der Waals surface area contributed by atoms with Crippen molar-refractivity contribution < 1.29 is 9.59 Å². The van der Waals surface area contributed by atoms with Gasteiger partial charge in [0.05, 0.1) is 10.6 Å². The van der Waals surface area contributed by atoms with Crippen LogP contribution in [0.5, 0.6) is 0 Å². The first kappa shape index (κ1) is 19.3. The van der Waals surface area contributed by atoms with E-state index < -0.39 is 0 Å². The van der Waals surface area contributed by atoms with Crippen LogP contribution in [-0.2, 0) is 4.79 Å². The lowest BCUT2D eigenvalue weighted by Crippen LogP contribution is -2.22. The van der Waals surface area contributed by atoms with Gasteiger partial charge in [-0.05, 0) is 29.7 Å². The van der Waals surface area contributed by atoms with Gasteiger partial charge in [-0.1, -0.05) is 30.9 Å². The third-order valence-electron chi connectivity index (χ3n) is 4.22. The highest BCUT2D eigenvalue weighted by Gasteiger charge is 2.18. The number of carbonyl (C=O) groups excluding carboxylic acids is 2. The molecule has 0 atom stereocenters. The number of allylic oxidation sites excluding steroid dienone is 2. The summed E-state index contributed by atoms with van der Waals surface area (Å²) in [5.41, 5.74) is 8.60. The quantitative estimate of drug-likeness (QED) is 0.511. The molecule has 1 aromatic carbocycles. The van der Waals surface area contributed by atoms with Crippen LogP contribution in [0.1, 0.15) is 27.9 Å². The van der Waals surface area contributed by atoms with Crippen molar-refractivity contribution in [2.24, 2.45) is 0 Å². The Morgan fingerprint density at radius 1 is 1.25 bits per heavy atom. The maximum atomic E-state index is 12.6. The lowest BCUT2D eigenvalue weighted by Gasteiger charge is -2.17. The summed E-state index contributed by atoms with van der Waals surface area (Å²) in [6, 6.07) is 12.6. The van der Waals surface area contributed by atoms with Crippen LogP contribution in [0.4, 0.5) is 11.5 Å². The van der Waals surface area contributed by atoms with Gasteiger partial charge in [-0.25, -0.2) is 4.68 Å². The standard InChI is InChI=1S/C21H20N4O2S/c1-4-7-18(15-8-5-9-16(12-15)24(3)14(2)26)25-20(22)13-17(23-25)21(27)19-10-6-11-28-19/h4-13H,1,22H2,2-3H3/b18-7-. The van der Waals surface area contributed by atoms with E-state index in [9.17, 15) is 9.59 Å². The van der Waals surface area contributed by atoms with Crippen LogP contribution in [0.15, 0.2) is 66.6 Å². The molecular formula is C21H20N4O2S. The van der Waals surface area contributed by atoms with Crippen LogP contribution < -0.4 is 10.6 Å². The number of anilines is 2. The van der Waals surface area contributed by atoms with E-state index in [2.05, 4.69) is 11.7 Å². The van der Waals surface area contributed by atoms with Gasteiger partial charge in [0, 0.05) is 31.3 Å². The molecular weight excluding hydrogens is 372 g/mol. The number of carbonyl (C=O) groups is 2. The molecule has 2 heterocycles. The third-order valence-corrected chi connectivity index (χ3v) is 5.09. The number of aromatic nitrogens is 2. The molecule has 3 aromatic rings. The zero-order chi connectivity index (χ0) is 20.3. The van der Waals surface area contributed by atoms with E-state index in [1.54, 1.807) is 36.2 Å². The van der Waals surface area contributed by atoms with E-state index in [0.29, 0.717) is 16.4 Å². The van der Waals surface area contributed by atoms with E-state index in [1.807, 2.05) is 35.7 Å². The normalized spacial score (nSPS) is 11.3. The Morgan fingerprint density at radius 3 is 2.68 bits per heavy atom. The molecule has 7 heteroatoms. The van der Waals surface area contributed by atoms with Gasteiger partial charge in [0.15, 0.2) is 0 Å². The molecule has 0 bridgehead atoms. The SMILES string of the molecule is C=C/C=C(/c1cccc(N(C)C(C)=O)c1)n1nc(C(=O)c2cccs2)cc1N. The number of ketones is 1. The minimum Gasteiger partial charge on any atom is -0.384 e. The molecule has 0 aliphatic rings. The number of benzene rings is 1. The average Bonchev–Trinajstić information content (AvgIpc) is 3.35. The number of nitrogen functional groups attached to an aromatic ring is 1. The Morgan fingerprint density at radius 2 is 2.04 bits per heavy atom. The molecule has 2 N–H and O–H groups in total. The van der Waals surface area contributed by atoms with E-state index in [0.717, 1.165) is 11.3 Å². The highest BCUT2D eigenvalue weighted by atomic mass is 32.1. The molecule has 0 saturated heterocycles. The van der Waals surface area contributed by atoms with Crippen molar-refractivity contribution in [3.63, 3.8) is 0 Å². The Kier molecular flexibility index (Phi) is 5.56. The smallest absolute Gasteiger partial charge is 0.223 e. The van der Waals surface area contributed by atoms with E-state index in [4.69, 9.17) is 5.73 Å². The van der Waals surface area contributed by atoms with Crippen molar-refractivity contribution in [3.05, 3.63) is 82.7 Å². The molecule has 1 amide bonds. The monoisotopic (exact) mass is 392 g/mol. The molecule has 3 rings (SSSR count). The summed E-state index contributed by atoms with van der Waals surface area (Å²) in [5, 5.41) is 6.26. The molecule has 0 fully saturated rings. The minimum atomic E-state index is -0.177. The maximum absolute atomic E-state index is 12.6. The lowest BCUT2D eigenvalue weighted by molar-refractivity contribution is -0.116. The minimum absolute atomic E-state index is 0.0752. The number of amides is 1. The van der Waals surface area contributed by atoms with E-state index in [-0.39, 0.29) is 17.4 Å². The first-order chi connectivity index (χ1) is 13.4. The molecule has 0 aliphatic heterocycles. The summed E-state index contributed by atoms with van der Waals surface area (Å²) < 4.78 is 1.51. The number of nitrogens with two attached hydrogens (primary N) is 1.